The van der Waals surface area contributed by atoms with Crippen molar-refractivity contribution in [1.29, 1.82) is 0 Å². The van der Waals surface area contributed by atoms with Gasteiger partial charge < -0.3 is 20.3 Å². The summed E-state index contributed by atoms with van der Waals surface area (Å²) in [5.74, 6) is 1.07. The Balaban J connectivity index is 1.42. The number of nitrogens with one attached hydrogen (secondary N) is 2. The first kappa shape index (κ1) is 22.2. The fourth-order valence-corrected chi connectivity index (χ4v) is 4.92. The van der Waals surface area contributed by atoms with E-state index < -0.39 is 0 Å². The van der Waals surface area contributed by atoms with Crippen LogP contribution in [0.25, 0.3) is 5.65 Å². The predicted octanol–water partition coefficient (Wildman–Crippen LogP) is 3.05. The first-order valence-electron chi connectivity index (χ1n) is 11.7. The molecule has 5 rings (SSSR count). The highest BCUT2D eigenvalue weighted by Gasteiger charge is 2.33. The number of hydrogen-bond donors (Lipinski definition) is 2. The van der Waals surface area contributed by atoms with Gasteiger partial charge in [-0.25, -0.2) is 9.50 Å². The van der Waals surface area contributed by atoms with Crippen molar-refractivity contribution >= 4 is 28.8 Å². The van der Waals surface area contributed by atoms with E-state index in [4.69, 9.17) is 4.74 Å². The third-order valence-electron chi connectivity index (χ3n) is 6.66. The average molecular weight is 463 g/mol. The van der Waals surface area contributed by atoms with E-state index in [9.17, 15) is 9.59 Å². The van der Waals surface area contributed by atoms with Gasteiger partial charge in [-0.2, -0.15) is 5.10 Å². The summed E-state index contributed by atoms with van der Waals surface area (Å²) >= 11 is 0. The Kier molecular flexibility index (Phi) is 5.63. The molecular formula is C25H30N6O3. The number of piperidine rings is 1. The number of carbonyl (C=O) groups is 2. The van der Waals surface area contributed by atoms with Crippen molar-refractivity contribution in [1.82, 2.24) is 19.9 Å². The lowest BCUT2D eigenvalue weighted by Crippen LogP contribution is -2.36. The molecule has 0 radical (unpaired) electrons. The van der Waals surface area contributed by atoms with E-state index in [1.165, 1.54) is 0 Å². The summed E-state index contributed by atoms with van der Waals surface area (Å²) in [5, 5.41) is 10.1. The number of carbonyl (C=O) groups excluding carboxylic acids is 2. The Morgan fingerprint density at radius 3 is 2.79 bits per heavy atom. The maximum atomic E-state index is 13.3. The van der Waals surface area contributed by atoms with Crippen molar-refractivity contribution in [2.24, 2.45) is 5.92 Å². The van der Waals surface area contributed by atoms with Crippen LogP contribution in [-0.2, 0) is 11.2 Å². The molecule has 178 valence electrons. The van der Waals surface area contributed by atoms with Crippen LogP contribution in [0.4, 0.5) is 11.4 Å². The van der Waals surface area contributed by atoms with Gasteiger partial charge in [-0.15, -0.1) is 0 Å². The molecule has 0 aliphatic carbocycles. The molecule has 2 N–H and O–H groups in total. The van der Waals surface area contributed by atoms with Crippen LogP contribution in [-0.4, -0.2) is 52.2 Å². The number of nitrogens with zero attached hydrogens (tertiary/aromatic N) is 4. The molecule has 0 saturated carbocycles. The summed E-state index contributed by atoms with van der Waals surface area (Å²) in [6.45, 7) is 5.76. The highest BCUT2D eigenvalue weighted by atomic mass is 16.5. The van der Waals surface area contributed by atoms with Crippen LogP contribution < -0.4 is 20.3 Å². The average Bonchev–Trinajstić information content (AvgIpc) is 3.38. The number of aromatic nitrogens is 3. The predicted molar refractivity (Wildman–Crippen MR) is 129 cm³/mol. The number of hydrogen-bond acceptors (Lipinski definition) is 6. The molecule has 4 heterocycles. The summed E-state index contributed by atoms with van der Waals surface area (Å²) in [6, 6.07) is 5.86. The number of amides is 2. The van der Waals surface area contributed by atoms with Crippen molar-refractivity contribution in [2.45, 2.75) is 45.1 Å². The highest BCUT2D eigenvalue weighted by Crippen LogP contribution is 2.42. The topological polar surface area (TPSA) is 101 Å². The highest BCUT2D eigenvalue weighted by molar-refractivity contribution is 6.09. The van der Waals surface area contributed by atoms with Gasteiger partial charge in [-0.3, -0.25) is 9.59 Å². The molecule has 9 heteroatoms. The monoisotopic (exact) mass is 462 g/mol. The Morgan fingerprint density at radius 2 is 2.03 bits per heavy atom. The lowest BCUT2D eigenvalue weighted by molar-refractivity contribution is -0.121. The van der Waals surface area contributed by atoms with Crippen LogP contribution in [0.1, 0.15) is 49.0 Å². The molecule has 3 aromatic rings. The molecule has 1 saturated heterocycles. The van der Waals surface area contributed by atoms with Crippen molar-refractivity contribution in [2.75, 3.05) is 30.4 Å². The largest absolute Gasteiger partial charge is 0.487 e. The summed E-state index contributed by atoms with van der Waals surface area (Å²) in [6.07, 6.45) is 8.13. The molecule has 0 bridgehead atoms. The van der Waals surface area contributed by atoms with Crippen LogP contribution in [0.15, 0.2) is 36.8 Å². The van der Waals surface area contributed by atoms with E-state index in [-0.39, 0.29) is 17.4 Å². The lowest BCUT2D eigenvalue weighted by Gasteiger charge is -2.34. The zero-order valence-corrected chi connectivity index (χ0v) is 19.8. The van der Waals surface area contributed by atoms with Crippen molar-refractivity contribution in [3.8, 4) is 5.75 Å². The van der Waals surface area contributed by atoms with Crippen LogP contribution >= 0.6 is 0 Å². The number of fused-ring (bicyclic) bond motifs is 2. The van der Waals surface area contributed by atoms with Gasteiger partial charge in [0.1, 0.15) is 16.9 Å². The van der Waals surface area contributed by atoms with Crippen LogP contribution in [0, 0.1) is 5.92 Å². The third kappa shape index (κ3) is 4.30. The minimum atomic E-state index is -0.283. The third-order valence-corrected chi connectivity index (χ3v) is 6.66. The maximum Gasteiger partial charge on any atom is 0.261 e. The van der Waals surface area contributed by atoms with E-state index in [1.807, 2.05) is 12.1 Å². The van der Waals surface area contributed by atoms with E-state index in [2.05, 4.69) is 39.5 Å². The Morgan fingerprint density at radius 1 is 1.24 bits per heavy atom. The SMILES string of the molecule is CNC(=O)CC1CCN(c2cc3c(cc2NC(=O)c2cnn4cccnc24)CC(C)(C)O3)CC1. The van der Waals surface area contributed by atoms with Crippen LogP contribution in [0.5, 0.6) is 5.75 Å². The Labute approximate surface area is 198 Å². The van der Waals surface area contributed by atoms with Gasteiger partial charge in [-0.1, -0.05) is 0 Å². The Hall–Kier alpha value is -3.62. The molecule has 2 aromatic heterocycles. The standard InChI is InChI=1S/C25H30N6O3/c1-25(2)14-17-12-19(29-24(33)18-15-28-31-8-4-7-27-23(18)31)20(13-21(17)34-25)30-9-5-16(6-10-30)11-22(32)26-3/h4,7-8,12-13,15-16H,5-6,9-11,14H2,1-3H3,(H,26,32)(H,29,33). The van der Waals surface area contributed by atoms with Crippen molar-refractivity contribution in [3.05, 3.63) is 47.9 Å². The van der Waals surface area contributed by atoms with Crippen molar-refractivity contribution < 1.29 is 14.3 Å². The molecule has 1 fully saturated rings. The van der Waals surface area contributed by atoms with Crippen LogP contribution in [0.2, 0.25) is 0 Å². The summed E-state index contributed by atoms with van der Waals surface area (Å²) in [5.41, 5.74) is 3.43. The number of anilines is 2. The minimum Gasteiger partial charge on any atom is -0.487 e. The summed E-state index contributed by atoms with van der Waals surface area (Å²) < 4.78 is 7.78. The van der Waals surface area contributed by atoms with E-state index >= 15 is 0 Å². The number of rotatable bonds is 5. The van der Waals surface area contributed by atoms with Gasteiger partial charge >= 0.3 is 0 Å². The minimum absolute atomic E-state index is 0.0848. The zero-order valence-electron chi connectivity index (χ0n) is 19.8. The number of benzene rings is 1. The van der Waals surface area contributed by atoms with Gasteiger partial charge in [-0.05, 0) is 44.7 Å². The van der Waals surface area contributed by atoms with E-state index in [0.29, 0.717) is 23.5 Å². The van der Waals surface area contributed by atoms with E-state index in [1.54, 1.807) is 36.2 Å². The van der Waals surface area contributed by atoms with Crippen molar-refractivity contribution in [3.63, 3.8) is 0 Å². The molecule has 0 atom stereocenters. The van der Waals surface area contributed by atoms with Crippen LogP contribution in [0.3, 0.4) is 0 Å². The number of ether oxygens (including phenoxy) is 1. The molecule has 1 aromatic carbocycles. The van der Waals surface area contributed by atoms with Gasteiger partial charge in [0.2, 0.25) is 5.91 Å². The first-order valence-corrected chi connectivity index (χ1v) is 11.7. The second kappa shape index (κ2) is 8.62. The molecule has 2 amide bonds. The lowest BCUT2D eigenvalue weighted by atomic mass is 9.92. The normalized spacial score (nSPS) is 17.3. The molecule has 0 unspecified atom stereocenters. The van der Waals surface area contributed by atoms with Gasteiger partial charge in [0, 0.05) is 57.0 Å². The smallest absolute Gasteiger partial charge is 0.261 e. The van der Waals surface area contributed by atoms with Gasteiger partial charge in [0.15, 0.2) is 5.65 Å². The molecule has 34 heavy (non-hydrogen) atoms. The quantitative estimate of drug-likeness (QED) is 0.605. The van der Waals surface area contributed by atoms with Gasteiger partial charge in [0.25, 0.3) is 5.91 Å². The first-order chi connectivity index (χ1) is 16.3. The molecule has 2 aliphatic rings. The molecule has 0 spiro atoms. The molecule has 2 aliphatic heterocycles. The van der Waals surface area contributed by atoms with Gasteiger partial charge in [0.05, 0.1) is 17.6 Å². The molecular weight excluding hydrogens is 432 g/mol. The Bertz CT molecular complexity index is 1240. The summed E-state index contributed by atoms with van der Waals surface area (Å²) in [4.78, 5) is 31.6. The second-order valence-electron chi connectivity index (χ2n) is 9.72. The van der Waals surface area contributed by atoms with E-state index in [0.717, 1.165) is 55.0 Å². The second-order valence-corrected chi connectivity index (χ2v) is 9.72. The fourth-order valence-electron chi connectivity index (χ4n) is 4.92. The fraction of sp³-hybridized carbons (Fsp3) is 0.440. The summed E-state index contributed by atoms with van der Waals surface area (Å²) in [7, 11) is 1.68. The molecule has 9 nitrogen and oxygen atoms in total. The zero-order chi connectivity index (χ0) is 23.9. The maximum absolute atomic E-state index is 13.3.